The first-order chi connectivity index (χ1) is 6.31. The van der Waals surface area contributed by atoms with Crippen LogP contribution in [0.5, 0.6) is 0 Å². The topological polar surface area (TPSA) is 29.6 Å². The third kappa shape index (κ3) is 1.78. The van der Waals surface area contributed by atoms with Crippen LogP contribution in [0, 0.1) is 0 Å². The van der Waals surface area contributed by atoms with Crippen molar-refractivity contribution in [1.29, 1.82) is 0 Å². The van der Waals surface area contributed by atoms with E-state index in [0.717, 1.165) is 12.0 Å². The van der Waals surface area contributed by atoms with Gasteiger partial charge in [0, 0.05) is 5.56 Å². The van der Waals surface area contributed by atoms with Crippen molar-refractivity contribution in [2.24, 2.45) is 0 Å². The Morgan fingerprint density at radius 2 is 2.08 bits per heavy atom. The van der Waals surface area contributed by atoms with Gasteiger partial charge in [0.2, 0.25) is 0 Å². The number of hydrogen-bond acceptors (Lipinski definition) is 2. The number of benzene rings is 1. The molecule has 1 heterocycles. The monoisotopic (exact) mass is 176 g/mol. The van der Waals surface area contributed by atoms with E-state index in [-0.39, 0.29) is 11.9 Å². The van der Waals surface area contributed by atoms with Gasteiger partial charge in [-0.3, -0.25) is 4.79 Å². The van der Waals surface area contributed by atoms with Gasteiger partial charge in [0.15, 0.2) is 5.78 Å². The number of Topliss-reactive ketones (excluding diaryl/α,β-unsaturated/α-hetero) is 1. The molecule has 0 bridgehead atoms. The smallest absolute Gasteiger partial charge is 0.193 e. The third-order valence-electron chi connectivity index (χ3n) is 2.27. The van der Waals surface area contributed by atoms with Gasteiger partial charge in [-0.15, -0.1) is 0 Å². The van der Waals surface area contributed by atoms with Crippen LogP contribution in [0.3, 0.4) is 0 Å². The molecule has 2 nitrogen and oxygen atoms in total. The van der Waals surface area contributed by atoms with Gasteiger partial charge in [-0.25, -0.2) is 0 Å². The highest BCUT2D eigenvalue weighted by atomic mass is 16.6. The lowest BCUT2D eigenvalue weighted by Crippen LogP contribution is -2.06. The molecule has 0 aromatic heterocycles. The van der Waals surface area contributed by atoms with Crippen LogP contribution in [0.4, 0.5) is 0 Å². The second kappa shape index (κ2) is 3.30. The van der Waals surface area contributed by atoms with Gasteiger partial charge in [0.1, 0.15) is 6.10 Å². The molecule has 0 aliphatic carbocycles. The molecule has 1 aromatic rings. The summed E-state index contributed by atoms with van der Waals surface area (Å²) in [5.74, 6) is 0.114. The molecular formula is C11H12O2. The van der Waals surface area contributed by atoms with Crippen molar-refractivity contribution in [3.05, 3.63) is 35.4 Å². The number of rotatable bonds is 3. The van der Waals surface area contributed by atoms with Crippen LogP contribution in [0.15, 0.2) is 24.3 Å². The number of carbonyl (C=O) groups is 1. The minimum Gasteiger partial charge on any atom is -0.364 e. The highest BCUT2D eigenvalue weighted by Crippen LogP contribution is 2.16. The predicted molar refractivity (Wildman–Crippen MR) is 49.9 cm³/mol. The minimum atomic E-state index is -0.160. The zero-order valence-corrected chi connectivity index (χ0v) is 7.62. The van der Waals surface area contributed by atoms with Crippen molar-refractivity contribution >= 4 is 5.78 Å². The molecule has 2 heteroatoms. The molecule has 1 fully saturated rings. The van der Waals surface area contributed by atoms with Gasteiger partial charge < -0.3 is 4.74 Å². The first-order valence-electron chi connectivity index (χ1n) is 4.56. The van der Waals surface area contributed by atoms with Crippen LogP contribution < -0.4 is 0 Å². The summed E-state index contributed by atoms with van der Waals surface area (Å²) in [6, 6.07) is 7.75. The SMILES string of the molecule is CCc1ccc(C(=O)C2CO2)cc1. The average molecular weight is 176 g/mol. The molecule has 1 aromatic carbocycles. The largest absolute Gasteiger partial charge is 0.364 e. The molecule has 1 aliphatic heterocycles. The molecule has 68 valence electrons. The fourth-order valence-electron chi connectivity index (χ4n) is 1.29. The zero-order valence-electron chi connectivity index (χ0n) is 7.62. The molecule has 2 rings (SSSR count). The second-order valence-electron chi connectivity index (χ2n) is 3.24. The normalized spacial score (nSPS) is 19.9. The van der Waals surface area contributed by atoms with E-state index in [4.69, 9.17) is 4.74 Å². The first kappa shape index (κ1) is 8.45. The molecule has 0 radical (unpaired) electrons. The van der Waals surface area contributed by atoms with Crippen molar-refractivity contribution in [2.45, 2.75) is 19.4 Å². The van der Waals surface area contributed by atoms with Gasteiger partial charge in [-0.05, 0) is 12.0 Å². The number of carbonyl (C=O) groups excluding carboxylic acids is 1. The number of hydrogen-bond donors (Lipinski definition) is 0. The fourth-order valence-corrected chi connectivity index (χ4v) is 1.29. The number of ether oxygens (including phenoxy) is 1. The molecular weight excluding hydrogens is 164 g/mol. The Hall–Kier alpha value is -1.15. The van der Waals surface area contributed by atoms with Crippen molar-refractivity contribution in [3.8, 4) is 0 Å². The summed E-state index contributed by atoms with van der Waals surface area (Å²) in [6.45, 7) is 2.69. The van der Waals surface area contributed by atoms with E-state index in [2.05, 4.69) is 6.92 Å². The van der Waals surface area contributed by atoms with Crippen molar-refractivity contribution in [2.75, 3.05) is 6.61 Å². The standard InChI is InChI=1S/C11H12O2/c1-2-8-3-5-9(6-4-8)11(12)10-7-13-10/h3-6,10H,2,7H2,1H3. The Morgan fingerprint density at radius 1 is 1.46 bits per heavy atom. The van der Waals surface area contributed by atoms with Crippen molar-refractivity contribution < 1.29 is 9.53 Å². The van der Waals surface area contributed by atoms with E-state index in [0.29, 0.717) is 6.61 Å². The Kier molecular flexibility index (Phi) is 2.15. The van der Waals surface area contributed by atoms with Gasteiger partial charge in [0.25, 0.3) is 0 Å². The second-order valence-corrected chi connectivity index (χ2v) is 3.24. The van der Waals surface area contributed by atoms with Crippen LogP contribution in [0.1, 0.15) is 22.8 Å². The summed E-state index contributed by atoms with van der Waals surface area (Å²) in [5, 5.41) is 0. The minimum absolute atomic E-state index is 0.114. The highest BCUT2D eigenvalue weighted by molar-refractivity contribution is 6.00. The Balaban J connectivity index is 2.16. The van der Waals surface area contributed by atoms with E-state index in [9.17, 15) is 4.79 Å². The Morgan fingerprint density at radius 3 is 2.54 bits per heavy atom. The molecule has 1 aliphatic rings. The van der Waals surface area contributed by atoms with Crippen LogP contribution in [-0.2, 0) is 11.2 Å². The number of epoxide rings is 1. The third-order valence-corrected chi connectivity index (χ3v) is 2.27. The van der Waals surface area contributed by atoms with Crippen LogP contribution in [0.2, 0.25) is 0 Å². The maximum absolute atomic E-state index is 11.5. The van der Waals surface area contributed by atoms with Crippen LogP contribution >= 0.6 is 0 Å². The summed E-state index contributed by atoms with van der Waals surface area (Å²) in [5.41, 5.74) is 2.02. The van der Waals surface area contributed by atoms with Crippen molar-refractivity contribution in [3.63, 3.8) is 0 Å². The summed E-state index contributed by atoms with van der Waals surface area (Å²) in [4.78, 5) is 11.5. The zero-order chi connectivity index (χ0) is 9.26. The maximum Gasteiger partial charge on any atom is 0.193 e. The van der Waals surface area contributed by atoms with Gasteiger partial charge >= 0.3 is 0 Å². The van der Waals surface area contributed by atoms with Crippen LogP contribution in [-0.4, -0.2) is 18.5 Å². The lowest BCUT2D eigenvalue weighted by Gasteiger charge is -1.98. The van der Waals surface area contributed by atoms with Gasteiger partial charge in [-0.1, -0.05) is 31.2 Å². The quantitative estimate of drug-likeness (QED) is 0.519. The molecule has 0 N–H and O–H groups in total. The van der Waals surface area contributed by atoms with E-state index >= 15 is 0 Å². The molecule has 1 saturated heterocycles. The molecule has 13 heavy (non-hydrogen) atoms. The highest BCUT2D eigenvalue weighted by Gasteiger charge is 2.31. The maximum atomic E-state index is 11.5. The fraction of sp³-hybridized carbons (Fsp3) is 0.364. The summed E-state index contributed by atoms with van der Waals surface area (Å²) in [7, 11) is 0. The Labute approximate surface area is 77.5 Å². The number of ketones is 1. The molecule has 0 saturated carbocycles. The van der Waals surface area contributed by atoms with E-state index in [1.165, 1.54) is 5.56 Å². The molecule has 0 spiro atoms. The number of aryl methyl sites for hydroxylation is 1. The average Bonchev–Trinajstić information content (AvgIpc) is 3.00. The van der Waals surface area contributed by atoms with Gasteiger partial charge in [0.05, 0.1) is 6.61 Å². The van der Waals surface area contributed by atoms with E-state index in [1.54, 1.807) is 0 Å². The predicted octanol–water partition coefficient (Wildman–Crippen LogP) is 1.83. The lowest BCUT2D eigenvalue weighted by molar-refractivity contribution is 0.0953. The van der Waals surface area contributed by atoms with Crippen LogP contribution in [0.25, 0.3) is 0 Å². The van der Waals surface area contributed by atoms with Gasteiger partial charge in [-0.2, -0.15) is 0 Å². The molecule has 1 unspecified atom stereocenters. The summed E-state index contributed by atoms with van der Waals surface area (Å²) >= 11 is 0. The molecule has 1 atom stereocenters. The first-order valence-corrected chi connectivity index (χ1v) is 4.56. The summed E-state index contributed by atoms with van der Waals surface area (Å²) in [6.07, 6.45) is 0.849. The summed E-state index contributed by atoms with van der Waals surface area (Å²) < 4.78 is 4.93. The van der Waals surface area contributed by atoms with E-state index in [1.807, 2.05) is 24.3 Å². The van der Waals surface area contributed by atoms with Crippen molar-refractivity contribution in [1.82, 2.24) is 0 Å². The Bertz CT molecular complexity index is 309. The molecule has 0 amide bonds. The van der Waals surface area contributed by atoms with E-state index < -0.39 is 0 Å². The lowest BCUT2D eigenvalue weighted by atomic mass is 10.1.